The molecule has 1 heterocycles. The van der Waals surface area contributed by atoms with Gasteiger partial charge in [0.2, 0.25) is 0 Å². The van der Waals surface area contributed by atoms with E-state index < -0.39 is 0 Å². The fourth-order valence-electron chi connectivity index (χ4n) is 2.65. The first-order chi connectivity index (χ1) is 9.54. The zero-order valence-electron chi connectivity index (χ0n) is 12.6. The number of benzene rings is 1. The van der Waals surface area contributed by atoms with Gasteiger partial charge in [-0.3, -0.25) is 0 Å². The molecule has 1 aliphatic heterocycles. The van der Waals surface area contributed by atoms with Crippen molar-refractivity contribution in [3.63, 3.8) is 0 Å². The molecule has 0 amide bonds. The average molecular weight is 277 g/mol. The minimum Gasteiger partial charge on any atom is -0.493 e. The van der Waals surface area contributed by atoms with Gasteiger partial charge in [0.15, 0.2) is 0 Å². The molecule has 0 spiro atoms. The van der Waals surface area contributed by atoms with Crippen LogP contribution >= 0.6 is 0 Å². The summed E-state index contributed by atoms with van der Waals surface area (Å²) >= 11 is 0. The molecule has 2 rings (SSSR count). The Hall–Kier alpha value is -1.55. The molecule has 1 saturated heterocycles. The van der Waals surface area contributed by atoms with Crippen LogP contribution in [0.25, 0.3) is 0 Å². The normalized spacial score (nSPS) is 21.4. The van der Waals surface area contributed by atoms with Gasteiger partial charge in [-0.15, -0.1) is 0 Å². The Morgan fingerprint density at radius 1 is 1.35 bits per heavy atom. The second kappa shape index (κ2) is 6.27. The van der Waals surface area contributed by atoms with Gasteiger partial charge in [-0.1, -0.05) is 11.2 Å². The van der Waals surface area contributed by atoms with Crippen molar-refractivity contribution in [2.24, 2.45) is 5.16 Å². The Kier molecular flexibility index (Phi) is 4.65. The fraction of sp³-hybridized carbons (Fsp3) is 0.562. The molecule has 4 nitrogen and oxygen atoms in total. The lowest BCUT2D eigenvalue weighted by Gasteiger charge is -2.15. The first-order valence-electron chi connectivity index (χ1n) is 7.11. The predicted molar refractivity (Wildman–Crippen MR) is 79.1 cm³/mol. The molecule has 4 heteroatoms. The topological polar surface area (TPSA) is 54.3 Å². The lowest BCUT2D eigenvalue weighted by atomic mass is 9.99. The molecule has 1 aromatic rings. The summed E-state index contributed by atoms with van der Waals surface area (Å²) in [6, 6.07) is 2.06. The summed E-state index contributed by atoms with van der Waals surface area (Å²) in [6.07, 6.45) is 4.36. The molecule has 1 aliphatic rings. The van der Waals surface area contributed by atoms with Crippen LogP contribution < -0.4 is 4.74 Å². The van der Waals surface area contributed by atoms with Crippen molar-refractivity contribution < 1.29 is 14.7 Å². The Labute approximate surface area is 120 Å². The number of ether oxygens (including phenoxy) is 2. The fourth-order valence-corrected chi connectivity index (χ4v) is 2.65. The van der Waals surface area contributed by atoms with Crippen molar-refractivity contribution in [2.45, 2.75) is 52.7 Å². The molecule has 110 valence electrons. The second-order valence-corrected chi connectivity index (χ2v) is 5.49. The van der Waals surface area contributed by atoms with Gasteiger partial charge in [0.25, 0.3) is 0 Å². The van der Waals surface area contributed by atoms with Gasteiger partial charge in [0.1, 0.15) is 5.75 Å². The number of hydrogen-bond donors (Lipinski definition) is 1. The maximum atomic E-state index is 8.75. The molecular formula is C16H23NO3. The second-order valence-electron chi connectivity index (χ2n) is 5.49. The van der Waals surface area contributed by atoms with Crippen molar-refractivity contribution in [1.82, 2.24) is 0 Å². The van der Waals surface area contributed by atoms with E-state index in [1.165, 1.54) is 6.21 Å². The monoisotopic (exact) mass is 277 g/mol. The average Bonchev–Trinajstić information content (AvgIpc) is 3.09. The van der Waals surface area contributed by atoms with Crippen LogP contribution in [0.1, 0.15) is 42.0 Å². The highest BCUT2D eigenvalue weighted by atomic mass is 16.6. The number of nitrogens with zero attached hydrogens (tertiary/aromatic N) is 1. The van der Waals surface area contributed by atoms with Crippen LogP contribution in [0.15, 0.2) is 11.2 Å². The van der Waals surface area contributed by atoms with Gasteiger partial charge in [0, 0.05) is 11.1 Å². The molecule has 1 aromatic carbocycles. The van der Waals surface area contributed by atoms with Crippen molar-refractivity contribution in [1.29, 1.82) is 0 Å². The van der Waals surface area contributed by atoms with E-state index >= 15 is 0 Å². The number of hydrogen-bond acceptors (Lipinski definition) is 4. The maximum Gasteiger partial charge on any atom is 0.125 e. The van der Waals surface area contributed by atoms with Crippen LogP contribution in [-0.4, -0.2) is 30.2 Å². The lowest BCUT2D eigenvalue weighted by molar-refractivity contribution is 0.289. The molecule has 1 N–H and O–H groups in total. The van der Waals surface area contributed by atoms with Gasteiger partial charge >= 0.3 is 0 Å². The summed E-state index contributed by atoms with van der Waals surface area (Å²) in [5.74, 6) is 0.898. The zero-order chi connectivity index (χ0) is 14.7. The van der Waals surface area contributed by atoms with Gasteiger partial charge < -0.3 is 14.7 Å². The Bertz CT molecular complexity index is 511. The summed E-state index contributed by atoms with van der Waals surface area (Å²) in [6.45, 7) is 8.83. The third-order valence-corrected chi connectivity index (χ3v) is 3.86. The predicted octanol–water partition coefficient (Wildman–Crippen LogP) is 3.37. The van der Waals surface area contributed by atoms with E-state index in [0.29, 0.717) is 18.8 Å². The number of epoxide rings is 1. The number of aryl methyl sites for hydroxylation is 2. The zero-order valence-corrected chi connectivity index (χ0v) is 12.6. The Morgan fingerprint density at radius 2 is 2.05 bits per heavy atom. The quantitative estimate of drug-likeness (QED) is 0.285. The van der Waals surface area contributed by atoms with E-state index in [9.17, 15) is 0 Å². The van der Waals surface area contributed by atoms with Crippen molar-refractivity contribution in [2.75, 3.05) is 6.61 Å². The largest absolute Gasteiger partial charge is 0.493 e. The third-order valence-electron chi connectivity index (χ3n) is 3.86. The first-order valence-corrected chi connectivity index (χ1v) is 7.11. The van der Waals surface area contributed by atoms with E-state index in [1.807, 2.05) is 20.8 Å². The van der Waals surface area contributed by atoms with E-state index in [0.717, 1.165) is 40.8 Å². The Morgan fingerprint density at radius 3 is 2.65 bits per heavy atom. The SMILES string of the molecule is Cc1cc(C)c(OCCCC2OC2C)c(C)c1/C=N/O. The molecule has 2 unspecified atom stereocenters. The molecule has 0 saturated carbocycles. The highest BCUT2D eigenvalue weighted by Gasteiger charge is 2.33. The lowest BCUT2D eigenvalue weighted by Crippen LogP contribution is -2.05. The summed E-state index contributed by atoms with van der Waals surface area (Å²) in [5, 5.41) is 11.9. The van der Waals surface area contributed by atoms with Crippen molar-refractivity contribution in [3.05, 3.63) is 28.3 Å². The minimum absolute atomic E-state index is 0.421. The molecule has 20 heavy (non-hydrogen) atoms. The third kappa shape index (κ3) is 3.31. The van der Waals surface area contributed by atoms with Gasteiger partial charge in [-0.05, 0) is 51.7 Å². The van der Waals surface area contributed by atoms with E-state index in [-0.39, 0.29) is 0 Å². The summed E-state index contributed by atoms with van der Waals surface area (Å²) in [7, 11) is 0. The molecule has 0 aliphatic carbocycles. The molecular weight excluding hydrogens is 254 g/mol. The van der Waals surface area contributed by atoms with Crippen LogP contribution in [0, 0.1) is 20.8 Å². The van der Waals surface area contributed by atoms with Crippen LogP contribution in [0.3, 0.4) is 0 Å². The minimum atomic E-state index is 0.421. The van der Waals surface area contributed by atoms with Gasteiger partial charge in [-0.2, -0.15) is 0 Å². The van der Waals surface area contributed by atoms with Crippen LogP contribution in [-0.2, 0) is 4.74 Å². The van der Waals surface area contributed by atoms with E-state index in [4.69, 9.17) is 14.7 Å². The molecule has 0 radical (unpaired) electrons. The number of oxime groups is 1. The summed E-state index contributed by atoms with van der Waals surface area (Å²) < 4.78 is 11.3. The highest BCUT2D eigenvalue weighted by molar-refractivity contribution is 5.84. The summed E-state index contributed by atoms with van der Waals surface area (Å²) in [4.78, 5) is 0. The van der Waals surface area contributed by atoms with Crippen LogP contribution in [0.2, 0.25) is 0 Å². The standard InChI is InChI=1S/C16H23NO3/c1-10-8-11(2)16(12(3)14(10)9-17-18)19-7-5-6-15-13(4)20-15/h8-9,13,15,18H,5-7H2,1-4H3/b17-9+. The van der Waals surface area contributed by atoms with Crippen molar-refractivity contribution >= 4 is 6.21 Å². The molecule has 0 bridgehead atoms. The molecule has 2 atom stereocenters. The van der Waals surface area contributed by atoms with Crippen LogP contribution in [0.5, 0.6) is 5.75 Å². The van der Waals surface area contributed by atoms with Gasteiger partial charge in [-0.25, -0.2) is 0 Å². The maximum absolute atomic E-state index is 8.75. The first kappa shape index (κ1) is 14.9. The Balaban J connectivity index is 2.00. The van der Waals surface area contributed by atoms with Gasteiger partial charge in [0.05, 0.1) is 25.0 Å². The molecule has 1 fully saturated rings. The van der Waals surface area contributed by atoms with E-state index in [2.05, 4.69) is 18.1 Å². The van der Waals surface area contributed by atoms with Crippen molar-refractivity contribution in [3.8, 4) is 5.75 Å². The summed E-state index contributed by atoms with van der Waals surface area (Å²) in [5.41, 5.74) is 4.15. The molecule has 0 aromatic heterocycles. The number of rotatable bonds is 6. The van der Waals surface area contributed by atoms with E-state index in [1.54, 1.807) is 0 Å². The van der Waals surface area contributed by atoms with Crippen LogP contribution in [0.4, 0.5) is 0 Å². The highest BCUT2D eigenvalue weighted by Crippen LogP contribution is 2.29. The smallest absolute Gasteiger partial charge is 0.125 e.